The first-order valence-corrected chi connectivity index (χ1v) is 5.94. The van der Waals surface area contributed by atoms with E-state index in [0.717, 1.165) is 25.0 Å². The third kappa shape index (κ3) is 3.26. The lowest BCUT2D eigenvalue weighted by molar-refractivity contribution is -0.126. The summed E-state index contributed by atoms with van der Waals surface area (Å²) in [5.41, 5.74) is -0.427. The van der Waals surface area contributed by atoms with Crippen LogP contribution in [0, 0.1) is 17.6 Å². The van der Waals surface area contributed by atoms with Crippen molar-refractivity contribution in [3.63, 3.8) is 0 Å². The molecule has 2 rings (SSSR count). The van der Waals surface area contributed by atoms with Crippen LogP contribution in [0.15, 0.2) is 18.2 Å². The fourth-order valence-electron chi connectivity index (χ4n) is 1.48. The van der Waals surface area contributed by atoms with Crippen LogP contribution in [0.3, 0.4) is 0 Å². The zero-order valence-corrected chi connectivity index (χ0v) is 10.1. The van der Waals surface area contributed by atoms with Crippen LogP contribution in [-0.4, -0.2) is 18.6 Å². The molecule has 1 saturated carbocycles. The molecule has 1 N–H and O–H groups in total. The zero-order chi connectivity index (χ0) is 13.1. The molecule has 0 radical (unpaired) electrons. The van der Waals surface area contributed by atoms with Crippen LogP contribution in [0.25, 0.3) is 0 Å². The molecule has 1 aromatic rings. The number of hydrogen-bond acceptors (Lipinski definition) is 2. The van der Waals surface area contributed by atoms with Gasteiger partial charge in [-0.25, -0.2) is 8.78 Å². The molecule has 1 amide bonds. The number of carbonyl (C=O) groups is 1. The second-order valence-corrected chi connectivity index (χ2v) is 4.50. The second-order valence-electron chi connectivity index (χ2n) is 4.50. The van der Waals surface area contributed by atoms with E-state index in [4.69, 9.17) is 4.74 Å². The summed E-state index contributed by atoms with van der Waals surface area (Å²) in [5.74, 6) is -1.60. The Morgan fingerprint density at radius 1 is 1.44 bits per heavy atom. The maximum absolute atomic E-state index is 13.3. The molecule has 3 nitrogen and oxygen atoms in total. The van der Waals surface area contributed by atoms with Crippen LogP contribution >= 0.6 is 0 Å². The van der Waals surface area contributed by atoms with Crippen molar-refractivity contribution < 1.29 is 18.3 Å². The topological polar surface area (TPSA) is 38.3 Å². The van der Waals surface area contributed by atoms with Gasteiger partial charge in [0.2, 0.25) is 0 Å². The van der Waals surface area contributed by atoms with Crippen molar-refractivity contribution in [3.05, 3.63) is 29.8 Å². The highest BCUT2D eigenvalue weighted by Gasteiger charge is 2.24. The lowest BCUT2D eigenvalue weighted by atomic mass is 10.2. The highest BCUT2D eigenvalue weighted by molar-refractivity contribution is 5.94. The predicted molar refractivity (Wildman–Crippen MR) is 63.1 cm³/mol. The van der Waals surface area contributed by atoms with E-state index in [1.54, 1.807) is 6.92 Å². The maximum Gasteiger partial charge on any atom is 0.253 e. The Kier molecular flexibility index (Phi) is 3.91. The fraction of sp³-hybridized carbons (Fsp3) is 0.462. The second kappa shape index (κ2) is 5.44. The summed E-state index contributed by atoms with van der Waals surface area (Å²) in [6.07, 6.45) is 1.52. The van der Waals surface area contributed by atoms with Crippen molar-refractivity contribution in [1.82, 2.24) is 0 Å². The third-order valence-electron chi connectivity index (χ3n) is 2.86. The molecule has 0 saturated heterocycles. The Labute approximate surface area is 104 Å². The molecule has 1 aliphatic carbocycles. The SMILES string of the molecule is CC(OCC1CC1)C(=O)Nc1c(F)cccc1F. The van der Waals surface area contributed by atoms with Gasteiger partial charge in [-0.2, -0.15) is 0 Å². The monoisotopic (exact) mass is 255 g/mol. The van der Waals surface area contributed by atoms with Gasteiger partial charge in [0.25, 0.3) is 5.91 Å². The lowest BCUT2D eigenvalue weighted by Gasteiger charge is -2.13. The zero-order valence-electron chi connectivity index (χ0n) is 10.1. The Balaban J connectivity index is 1.92. The molecule has 5 heteroatoms. The summed E-state index contributed by atoms with van der Waals surface area (Å²) in [4.78, 5) is 11.7. The molecule has 18 heavy (non-hydrogen) atoms. The van der Waals surface area contributed by atoms with Gasteiger partial charge in [0.1, 0.15) is 23.4 Å². The Bertz CT molecular complexity index is 426. The minimum Gasteiger partial charge on any atom is -0.368 e. The number of halogens is 2. The molecule has 1 atom stereocenters. The molecular weight excluding hydrogens is 240 g/mol. The number of hydrogen-bond donors (Lipinski definition) is 1. The van der Waals surface area contributed by atoms with Crippen LogP contribution in [0.5, 0.6) is 0 Å². The number of nitrogens with one attached hydrogen (secondary N) is 1. The summed E-state index contributed by atoms with van der Waals surface area (Å²) < 4.78 is 31.9. The van der Waals surface area contributed by atoms with Gasteiger partial charge >= 0.3 is 0 Å². The summed E-state index contributed by atoms with van der Waals surface area (Å²) in [7, 11) is 0. The van der Waals surface area contributed by atoms with Crippen LogP contribution < -0.4 is 5.32 Å². The third-order valence-corrected chi connectivity index (χ3v) is 2.86. The number of anilines is 1. The standard InChI is InChI=1S/C13H15F2NO2/c1-8(18-7-9-5-6-9)13(17)16-12-10(14)3-2-4-11(12)15/h2-4,8-9H,5-7H2,1H3,(H,16,17). The van der Waals surface area contributed by atoms with Gasteiger partial charge in [0.05, 0.1) is 6.61 Å². The Hall–Kier alpha value is -1.49. The first-order valence-electron chi connectivity index (χ1n) is 5.94. The molecule has 1 unspecified atom stereocenters. The van der Waals surface area contributed by atoms with E-state index < -0.39 is 29.3 Å². The fourth-order valence-corrected chi connectivity index (χ4v) is 1.48. The molecule has 0 heterocycles. The lowest BCUT2D eigenvalue weighted by Crippen LogP contribution is -2.29. The minimum atomic E-state index is -0.794. The van der Waals surface area contributed by atoms with Gasteiger partial charge in [0, 0.05) is 0 Å². The highest BCUT2D eigenvalue weighted by Crippen LogP contribution is 2.29. The normalized spacial score (nSPS) is 16.4. The van der Waals surface area contributed by atoms with Crippen LogP contribution in [0.1, 0.15) is 19.8 Å². The number of para-hydroxylation sites is 1. The van der Waals surface area contributed by atoms with Gasteiger partial charge < -0.3 is 10.1 Å². The number of amides is 1. The largest absolute Gasteiger partial charge is 0.368 e. The molecular formula is C13H15F2NO2. The van der Waals surface area contributed by atoms with E-state index in [1.165, 1.54) is 6.07 Å². The maximum atomic E-state index is 13.3. The molecule has 0 spiro atoms. The van der Waals surface area contributed by atoms with Crippen LogP contribution in [-0.2, 0) is 9.53 Å². The smallest absolute Gasteiger partial charge is 0.253 e. The van der Waals surface area contributed by atoms with Crippen molar-refractivity contribution in [1.29, 1.82) is 0 Å². The molecule has 1 aliphatic rings. The summed E-state index contributed by atoms with van der Waals surface area (Å²) in [6.45, 7) is 2.09. The minimum absolute atomic E-state index is 0.427. The van der Waals surface area contributed by atoms with Crippen molar-refractivity contribution >= 4 is 11.6 Å². The molecule has 98 valence electrons. The van der Waals surface area contributed by atoms with Crippen LogP contribution in [0.4, 0.5) is 14.5 Å². The van der Waals surface area contributed by atoms with E-state index >= 15 is 0 Å². The number of benzene rings is 1. The molecule has 0 aromatic heterocycles. The summed E-state index contributed by atoms with van der Waals surface area (Å²) >= 11 is 0. The first-order chi connectivity index (χ1) is 8.58. The Morgan fingerprint density at radius 3 is 2.61 bits per heavy atom. The average molecular weight is 255 g/mol. The molecule has 0 bridgehead atoms. The van der Waals surface area contributed by atoms with E-state index in [2.05, 4.69) is 5.32 Å². The van der Waals surface area contributed by atoms with Crippen molar-refractivity contribution in [2.45, 2.75) is 25.9 Å². The summed E-state index contributed by atoms with van der Waals surface area (Å²) in [6, 6.07) is 3.43. The van der Waals surface area contributed by atoms with Gasteiger partial charge in [-0.15, -0.1) is 0 Å². The first kappa shape index (κ1) is 13.0. The quantitative estimate of drug-likeness (QED) is 0.878. The number of ether oxygens (including phenoxy) is 1. The average Bonchev–Trinajstić information content (AvgIpc) is 3.14. The molecule has 1 aromatic carbocycles. The van der Waals surface area contributed by atoms with E-state index in [0.29, 0.717) is 12.5 Å². The van der Waals surface area contributed by atoms with Gasteiger partial charge in [0.15, 0.2) is 0 Å². The van der Waals surface area contributed by atoms with Gasteiger partial charge in [-0.05, 0) is 37.8 Å². The van der Waals surface area contributed by atoms with Crippen molar-refractivity contribution in [2.24, 2.45) is 5.92 Å². The summed E-state index contributed by atoms with van der Waals surface area (Å²) in [5, 5.41) is 2.21. The van der Waals surface area contributed by atoms with E-state index in [-0.39, 0.29) is 0 Å². The van der Waals surface area contributed by atoms with E-state index in [1.807, 2.05) is 0 Å². The van der Waals surface area contributed by atoms with Crippen molar-refractivity contribution in [2.75, 3.05) is 11.9 Å². The Morgan fingerprint density at radius 2 is 2.06 bits per heavy atom. The molecule has 1 fully saturated rings. The van der Waals surface area contributed by atoms with Gasteiger partial charge in [-0.1, -0.05) is 6.07 Å². The van der Waals surface area contributed by atoms with Gasteiger partial charge in [-0.3, -0.25) is 4.79 Å². The molecule has 0 aliphatic heterocycles. The van der Waals surface area contributed by atoms with E-state index in [9.17, 15) is 13.6 Å². The van der Waals surface area contributed by atoms with Crippen LogP contribution in [0.2, 0.25) is 0 Å². The number of carbonyl (C=O) groups excluding carboxylic acids is 1. The predicted octanol–water partition coefficient (Wildman–Crippen LogP) is 2.72. The number of rotatable bonds is 5. The highest BCUT2D eigenvalue weighted by atomic mass is 19.1. The van der Waals surface area contributed by atoms with Crippen molar-refractivity contribution in [3.8, 4) is 0 Å².